The van der Waals surface area contributed by atoms with E-state index in [1.54, 1.807) is 0 Å². The van der Waals surface area contributed by atoms with Gasteiger partial charge in [-0.25, -0.2) is 0 Å². The molecule has 0 bridgehead atoms. The number of piperidine rings is 1. The third kappa shape index (κ3) is 2.72. The Morgan fingerprint density at radius 1 is 1.24 bits per heavy atom. The first kappa shape index (κ1) is 15.3. The minimum absolute atomic E-state index is 0.0738. The lowest BCUT2D eigenvalue weighted by atomic mass is 9.55. The van der Waals surface area contributed by atoms with Crippen LogP contribution in [0.25, 0.3) is 0 Å². The minimum atomic E-state index is -0.0738. The fraction of sp³-hybridized carbons (Fsp3) is 0.941. The molecule has 3 aliphatic rings. The number of fused-ring (bicyclic) bond motifs is 1. The van der Waals surface area contributed by atoms with Gasteiger partial charge in [0.25, 0.3) is 0 Å². The van der Waals surface area contributed by atoms with Crippen LogP contribution in [0.5, 0.6) is 0 Å². The Labute approximate surface area is 128 Å². The van der Waals surface area contributed by atoms with Crippen LogP contribution < -0.4 is 5.32 Å². The van der Waals surface area contributed by atoms with Crippen LogP contribution >= 0.6 is 0 Å². The summed E-state index contributed by atoms with van der Waals surface area (Å²) in [6, 6.07) is 0.335. The highest BCUT2D eigenvalue weighted by atomic mass is 16.5. The van der Waals surface area contributed by atoms with Crippen LogP contribution in [0, 0.1) is 11.3 Å². The van der Waals surface area contributed by atoms with Crippen molar-refractivity contribution in [1.82, 2.24) is 10.2 Å². The summed E-state index contributed by atoms with van der Waals surface area (Å²) >= 11 is 0. The number of carbonyl (C=O) groups excluding carboxylic acids is 1. The fourth-order valence-corrected chi connectivity index (χ4v) is 4.59. The molecule has 2 aliphatic heterocycles. The van der Waals surface area contributed by atoms with Crippen LogP contribution in [0.3, 0.4) is 0 Å². The number of likely N-dealkylation sites (tertiary alicyclic amines) is 1. The summed E-state index contributed by atoms with van der Waals surface area (Å²) in [7, 11) is 0. The Kier molecular flexibility index (Phi) is 4.28. The van der Waals surface area contributed by atoms with Crippen molar-refractivity contribution < 1.29 is 9.53 Å². The van der Waals surface area contributed by atoms with E-state index in [1.807, 2.05) is 11.8 Å². The highest BCUT2D eigenvalue weighted by Gasteiger charge is 2.58. The van der Waals surface area contributed by atoms with Gasteiger partial charge in [0.2, 0.25) is 5.91 Å². The van der Waals surface area contributed by atoms with E-state index in [4.69, 9.17) is 4.74 Å². The molecule has 21 heavy (non-hydrogen) atoms. The molecule has 3 fully saturated rings. The molecule has 2 saturated heterocycles. The Morgan fingerprint density at radius 3 is 2.67 bits per heavy atom. The second-order valence-corrected chi connectivity index (χ2v) is 7.67. The smallest absolute Gasteiger partial charge is 0.239 e. The summed E-state index contributed by atoms with van der Waals surface area (Å²) < 4.78 is 5.95. The third-order valence-electron chi connectivity index (χ3n) is 5.80. The zero-order valence-electron chi connectivity index (χ0n) is 13.7. The number of amides is 1. The molecule has 0 radical (unpaired) electrons. The van der Waals surface area contributed by atoms with E-state index < -0.39 is 0 Å². The zero-order chi connectivity index (χ0) is 15.0. The first-order valence-corrected chi connectivity index (χ1v) is 8.68. The van der Waals surface area contributed by atoms with Crippen LogP contribution in [0.2, 0.25) is 0 Å². The van der Waals surface area contributed by atoms with E-state index in [-0.39, 0.29) is 17.4 Å². The molecule has 0 spiro atoms. The highest BCUT2D eigenvalue weighted by molar-refractivity contribution is 5.81. The Hall–Kier alpha value is -0.610. The molecular weight excluding hydrogens is 264 g/mol. The molecule has 1 saturated carbocycles. The predicted molar refractivity (Wildman–Crippen MR) is 83.1 cm³/mol. The molecule has 120 valence electrons. The monoisotopic (exact) mass is 294 g/mol. The lowest BCUT2D eigenvalue weighted by Crippen LogP contribution is -2.71. The zero-order valence-corrected chi connectivity index (χ0v) is 13.7. The maximum atomic E-state index is 12.6. The van der Waals surface area contributed by atoms with E-state index in [1.165, 1.54) is 12.8 Å². The summed E-state index contributed by atoms with van der Waals surface area (Å²) in [6.07, 6.45) is 6.35. The molecule has 0 aromatic carbocycles. The Bertz CT molecular complexity index is 390. The number of nitrogens with one attached hydrogen (secondary N) is 1. The summed E-state index contributed by atoms with van der Waals surface area (Å²) in [4.78, 5) is 14.6. The van der Waals surface area contributed by atoms with Crippen LogP contribution in [0.4, 0.5) is 0 Å². The summed E-state index contributed by atoms with van der Waals surface area (Å²) in [5, 5.41) is 3.63. The molecule has 1 aliphatic carbocycles. The van der Waals surface area contributed by atoms with Crippen molar-refractivity contribution >= 4 is 5.91 Å². The van der Waals surface area contributed by atoms with Gasteiger partial charge in [-0.3, -0.25) is 4.79 Å². The van der Waals surface area contributed by atoms with Gasteiger partial charge < -0.3 is 15.0 Å². The predicted octanol–water partition coefficient (Wildman–Crippen LogP) is 2.18. The minimum Gasteiger partial charge on any atom is -0.377 e. The van der Waals surface area contributed by atoms with Crippen molar-refractivity contribution in [3.8, 4) is 0 Å². The van der Waals surface area contributed by atoms with Gasteiger partial charge in [-0.15, -0.1) is 0 Å². The second kappa shape index (κ2) is 5.88. The summed E-state index contributed by atoms with van der Waals surface area (Å²) in [6.45, 7) is 9.36. The van der Waals surface area contributed by atoms with E-state index in [2.05, 4.69) is 19.2 Å². The topological polar surface area (TPSA) is 41.6 Å². The van der Waals surface area contributed by atoms with Gasteiger partial charge in [0.15, 0.2) is 0 Å². The van der Waals surface area contributed by atoms with Crippen molar-refractivity contribution in [2.24, 2.45) is 11.3 Å². The highest BCUT2D eigenvalue weighted by Crippen LogP contribution is 2.51. The van der Waals surface area contributed by atoms with Crippen LogP contribution in [0.1, 0.15) is 52.9 Å². The lowest BCUT2D eigenvalue weighted by molar-refractivity contribution is -0.195. The van der Waals surface area contributed by atoms with Crippen molar-refractivity contribution in [1.29, 1.82) is 0 Å². The molecule has 4 atom stereocenters. The number of carbonyl (C=O) groups is 1. The molecule has 1 N–H and O–H groups in total. The van der Waals surface area contributed by atoms with E-state index in [9.17, 15) is 4.79 Å². The van der Waals surface area contributed by atoms with Crippen molar-refractivity contribution in [2.75, 3.05) is 19.7 Å². The quantitative estimate of drug-likeness (QED) is 0.867. The first-order chi connectivity index (χ1) is 10.0. The largest absolute Gasteiger partial charge is 0.377 e. The number of hydrogen-bond donors (Lipinski definition) is 1. The third-order valence-corrected chi connectivity index (χ3v) is 5.80. The SMILES string of the molecule is CC(NC1C2CCCOC2C1(C)C)C(=O)N1CCCCC1. The van der Waals surface area contributed by atoms with Gasteiger partial charge in [-0.05, 0) is 39.0 Å². The fourth-order valence-electron chi connectivity index (χ4n) is 4.59. The van der Waals surface area contributed by atoms with E-state index in [0.29, 0.717) is 18.1 Å². The van der Waals surface area contributed by atoms with Crippen molar-refractivity contribution in [3.05, 3.63) is 0 Å². The Morgan fingerprint density at radius 2 is 1.95 bits per heavy atom. The average molecular weight is 294 g/mol. The van der Waals surface area contributed by atoms with Gasteiger partial charge in [-0.1, -0.05) is 13.8 Å². The van der Waals surface area contributed by atoms with Gasteiger partial charge in [0, 0.05) is 37.1 Å². The number of ether oxygens (including phenoxy) is 1. The molecule has 1 amide bonds. The average Bonchev–Trinajstić information content (AvgIpc) is 2.52. The number of nitrogens with zero attached hydrogens (tertiary/aromatic N) is 1. The van der Waals surface area contributed by atoms with E-state index in [0.717, 1.165) is 39.0 Å². The van der Waals surface area contributed by atoms with Crippen LogP contribution in [-0.4, -0.2) is 48.7 Å². The molecule has 4 heteroatoms. The van der Waals surface area contributed by atoms with Crippen LogP contribution in [0.15, 0.2) is 0 Å². The van der Waals surface area contributed by atoms with Crippen molar-refractivity contribution in [3.63, 3.8) is 0 Å². The normalized spacial score (nSPS) is 36.5. The maximum Gasteiger partial charge on any atom is 0.239 e. The number of rotatable bonds is 3. The maximum absolute atomic E-state index is 12.6. The molecule has 4 unspecified atom stereocenters. The molecule has 2 heterocycles. The second-order valence-electron chi connectivity index (χ2n) is 7.67. The molecule has 0 aromatic heterocycles. The standard InChI is InChI=1S/C17H30N2O2/c1-12(16(20)19-9-5-4-6-10-19)18-14-13-8-7-11-21-15(13)17(14,2)3/h12-15,18H,4-11H2,1-3H3. The summed E-state index contributed by atoms with van der Waals surface area (Å²) in [5.74, 6) is 0.871. The lowest BCUT2D eigenvalue weighted by Gasteiger charge is -2.60. The molecule has 4 nitrogen and oxygen atoms in total. The molecular formula is C17H30N2O2. The van der Waals surface area contributed by atoms with Crippen LogP contribution in [-0.2, 0) is 9.53 Å². The van der Waals surface area contributed by atoms with Gasteiger partial charge in [0.1, 0.15) is 0 Å². The van der Waals surface area contributed by atoms with Gasteiger partial charge in [-0.2, -0.15) is 0 Å². The molecule has 0 aromatic rings. The first-order valence-electron chi connectivity index (χ1n) is 8.68. The Balaban J connectivity index is 1.59. The summed E-state index contributed by atoms with van der Waals surface area (Å²) in [5.41, 5.74) is 0.140. The van der Waals surface area contributed by atoms with Gasteiger partial charge >= 0.3 is 0 Å². The van der Waals surface area contributed by atoms with Crippen molar-refractivity contribution in [2.45, 2.75) is 71.1 Å². The molecule has 3 rings (SSSR count). The van der Waals surface area contributed by atoms with E-state index >= 15 is 0 Å². The number of hydrogen-bond acceptors (Lipinski definition) is 3. The van der Waals surface area contributed by atoms with Gasteiger partial charge in [0.05, 0.1) is 12.1 Å².